The second-order valence-electron chi connectivity index (χ2n) is 5.32. The second kappa shape index (κ2) is 5.75. The molecule has 0 unspecified atom stereocenters. The third kappa shape index (κ3) is 2.90. The summed E-state index contributed by atoms with van der Waals surface area (Å²) < 4.78 is 10.8. The lowest BCUT2D eigenvalue weighted by Crippen LogP contribution is -2.34. The zero-order chi connectivity index (χ0) is 13.9. The first-order valence-corrected chi connectivity index (χ1v) is 7.20. The lowest BCUT2D eigenvalue weighted by atomic mass is 9.97. The molecule has 1 fully saturated rings. The second-order valence-corrected chi connectivity index (χ2v) is 5.32. The summed E-state index contributed by atoms with van der Waals surface area (Å²) in [6.45, 7) is 6.66. The van der Waals surface area contributed by atoms with Crippen molar-refractivity contribution in [2.24, 2.45) is 0 Å². The molecular weight excluding hydrogens is 256 g/mol. The molecule has 1 atom stereocenters. The number of hydrogen-bond acceptors (Lipinski definition) is 6. The SMILES string of the molecule is CCc1cnc(CN2CCC[C@@H](c3noc(C)n3)C2)o1. The Kier molecular flexibility index (Phi) is 3.82. The van der Waals surface area contributed by atoms with Gasteiger partial charge in [0.1, 0.15) is 5.76 Å². The van der Waals surface area contributed by atoms with E-state index >= 15 is 0 Å². The molecule has 0 N–H and O–H groups in total. The summed E-state index contributed by atoms with van der Waals surface area (Å²) >= 11 is 0. The predicted octanol–water partition coefficient (Wildman–Crippen LogP) is 2.31. The van der Waals surface area contributed by atoms with E-state index in [0.29, 0.717) is 11.8 Å². The van der Waals surface area contributed by atoms with Gasteiger partial charge in [-0.3, -0.25) is 4.90 Å². The van der Waals surface area contributed by atoms with Crippen molar-refractivity contribution in [3.8, 4) is 0 Å². The highest BCUT2D eigenvalue weighted by molar-refractivity contribution is 4.99. The van der Waals surface area contributed by atoms with Gasteiger partial charge in [-0.25, -0.2) is 4.98 Å². The first-order chi connectivity index (χ1) is 9.74. The molecule has 2 aromatic heterocycles. The van der Waals surface area contributed by atoms with E-state index in [2.05, 4.69) is 26.9 Å². The van der Waals surface area contributed by atoms with Gasteiger partial charge in [0.25, 0.3) is 0 Å². The number of likely N-dealkylation sites (tertiary alicyclic amines) is 1. The van der Waals surface area contributed by atoms with Crippen molar-refractivity contribution in [3.05, 3.63) is 29.6 Å². The highest BCUT2D eigenvalue weighted by Gasteiger charge is 2.25. The van der Waals surface area contributed by atoms with Gasteiger partial charge in [-0.15, -0.1) is 0 Å². The average molecular weight is 276 g/mol. The van der Waals surface area contributed by atoms with E-state index in [9.17, 15) is 0 Å². The average Bonchev–Trinajstić information content (AvgIpc) is 3.08. The molecule has 1 aliphatic rings. The Morgan fingerprint density at radius 1 is 1.45 bits per heavy atom. The quantitative estimate of drug-likeness (QED) is 0.853. The maximum absolute atomic E-state index is 5.68. The maximum atomic E-state index is 5.68. The summed E-state index contributed by atoms with van der Waals surface area (Å²) in [7, 11) is 0. The summed E-state index contributed by atoms with van der Waals surface area (Å²) in [5.41, 5.74) is 0. The minimum atomic E-state index is 0.349. The highest BCUT2D eigenvalue weighted by Crippen LogP contribution is 2.25. The number of piperidine rings is 1. The van der Waals surface area contributed by atoms with Gasteiger partial charge in [0.05, 0.1) is 12.7 Å². The van der Waals surface area contributed by atoms with Crippen molar-refractivity contribution in [1.29, 1.82) is 0 Å². The zero-order valence-corrected chi connectivity index (χ0v) is 12.0. The number of hydrogen-bond donors (Lipinski definition) is 0. The van der Waals surface area contributed by atoms with Gasteiger partial charge in [0.15, 0.2) is 5.82 Å². The smallest absolute Gasteiger partial charge is 0.223 e. The van der Waals surface area contributed by atoms with Crippen LogP contribution in [0.15, 0.2) is 15.1 Å². The van der Waals surface area contributed by atoms with E-state index in [0.717, 1.165) is 56.4 Å². The van der Waals surface area contributed by atoms with E-state index in [4.69, 9.17) is 8.94 Å². The zero-order valence-electron chi connectivity index (χ0n) is 12.0. The first kappa shape index (κ1) is 13.3. The molecule has 108 valence electrons. The molecule has 0 saturated carbocycles. The predicted molar refractivity (Wildman–Crippen MR) is 72.2 cm³/mol. The fourth-order valence-corrected chi connectivity index (χ4v) is 2.67. The van der Waals surface area contributed by atoms with Crippen LogP contribution in [0.25, 0.3) is 0 Å². The van der Waals surface area contributed by atoms with Gasteiger partial charge in [-0.2, -0.15) is 4.98 Å². The van der Waals surface area contributed by atoms with Crippen LogP contribution in [0.1, 0.15) is 49.0 Å². The molecule has 3 heterocycles. The fourth-order valence-electron chi connectivity index (χ4n) is 2.67. The molecule has 2 aromatic rings. The maximum Gasteiger partial charge on any atom is 0.223 e. The molecule has 0 spiro atoms. The van der Waals surface area contributed by atoms with Crippen LogP contribution >= 0.6 is 0 Å². The monoisotopic (exact) mass is 276 g/mol. The summed E-state index contributed by atoms with van der Waals surface area (Å²) in [5, 5.41) is 4.05. The number of aromatic nitrogens is 3. The fraction of sp³-hybridized carbons (Fsp3) is 0.643. The Bertz CT molecular complexity index is 563. The molecule has 0 aromatic carbocycles. The third-order valence-corrected chi connectivity index (χ3v) is 3.72. The minimum Gasteiger partial charge on any atom is -0.444 e. The van der Waals surface area contributed by atoms with Crippen molar-refractivity contribution in [2.75, 3.05) is 13.1 Å². The minimum absolute atomic E-state index is 0.349. The molecule has 0 aliphatic carbocycles. The van der Waals surface area contributed by atoms with Crippen LogP contribution in [0.4, 0.5) is 0 Å². The molecule has 6 nitrogen and oxygen atoms in total. The largest absolute Gasteiger partial charge is 0.444 e. The Hall–Kier alpha value is -1.69. The Labute approximate surface area is 118 Å². The van der Waals surface area contributed by atoms with Crippen LogP contribution < -0.4 is 0 Å². The lowest BCUT2D eigenvalue weighted by molar-refractivity contribution is 0.178. The Morgan fingerprint density at radius 2 is 2.35 bits per heavy atom. The van der Waals surface area contributed by atoms with E-state index < -0.39 is 0 Å². The van der Waals surface area contributed by atoms with Crippen LogP contribution in [0, 0.1) is 6.92 Å². The van der Waals surface area contributed by atoms with Gasteiger partial charge in [0.2, 0.25) is 11.8 Å². The van der Waals surface area contributed by atoms with Gasteiger partial charge < -0.3 is 8.94 Å². The van der Waals surface area contributed by atoms with Crippen LogP contribution in [-0.4, -0.2) is 33.1 Å². The molecule has 1 aliphatic heterocycles. The summed E-state index contributed by atoms with van der Waals surface area (Å²) in [6, 6.07) is 0. The molecule has 1 saturated heterocycles. The molecule has 3 rings (SSSR count). The van der Waals surface area contributed by atoms with E-state index in [1.54, 1.807) is 0 Å². The van der Waals surface area contributed by atoms with Gasteiger partial charge in [-0.05, 0) is 19.4 Å². The first-order valence-electron chi connectivity index (χ1n) is 7.20. The van der Waals surface area contributed by atoms with Crippen LogP contribution in [0.3, 0.4) is 0 Å². The highest BCUT2D eigenvalue weighted by atomic mass is 16.5. The normalized spacial score (nSPS) is 20.4. The Morgan fingerprint density at radius 3 is 3.05 bits per heavy atom. The van der Waals surface area contributed by atoms with Gasteiger partial charge >= 0.3 is 0 Å². The third-order valence-electron chi connectivity index (χ3n) is 3.72. The van der Waals surface area contributed by atoms with Gasteiger partial charge in [-0.1, -0.05) is 12.1 Å². The number of rotatable bonds is 4. The van der Waals surface area contributed by atoms with Crippen LogP contribution in [0.2, 0.25) is 0 Å². The van der Waals surface area contributed by atoms with Gasteiger partial charge in [0, 0.05) is 25.8 Å². The summed E-state index contributed by atoms with van der Waals surface area (Å²) in [6.07, 6.45) is 4.96. The van der Waals surface area contributed by atoms with Crippen LogP contribution in [0.5, 0.6) is 0 Å². The van der Waals surface area contributed by atoms with Crippen LogP contribution in [-0.2, 0) is 13.0 Å². The van der Waals surface area contributed by atoms with Crippen molar-refractivity contribution in [2.45, 2.75) is 45.6 Å². The lowest BCUT2D eigenvalue weighted by Gasteiger charge is -2.30. The molecule has 6 heteroatoms. The molecule has 0 radical (unpaired) electrons. The summed E-state index contributed by atoms with van der Waals surface area (Å²) in [4.78, 5) is 11.0. The van der Waals surface area contributed by atoms with Crippen molar-refractivity contribution in [1.82, 2.24) is 20.0 Å². The molecule has 0 bridgehead atoms. The molecular formula is C14H20N4O2. The standard InChI is InChI=1S/C14H20N4O2/c1-3-12-7-15-13(19-12)9-18-6-4-5-11(8-18)14-16-10(2)20-17-14/h7,11H,3-6,8-9H2,1-2H3/t11-/m1/s1. The summed E-state index contributed by atoms with van der Waals surface area (Å²) in [5.74, 6) is 3.56. The van der Waals surface area contributed by atoms with Crippen molar-refractivity contribution >= 4 is 0 Å². The molecule has 0 amide bonds. The van der Waals surface area contributed by atoms with Crippen molar-refractivity contribution < 1.29 is 8.94 Å². The van der Waals surface area contributed by atoms with Crippen molar-refractivity contribution in [3.63, 3.8) is 0 Å². The topological polar surface area (TPSA) is 68.2 Å². The molecule has 20 heavy (non-hydrogen) atoms. The number of aryl methyl sites for hydroxylation is 2. The number of oxazole rings is 1. The van der Waals surface area contributed by atoms with E-state index in [-0.39, 0.29) is 0 Å². The Balaban J connectivity index is 1.63. The van der Waals surface area contributed by atoms with E-state index in [1.165, 1.54) is 0 Å². The van der Waals surface area contributed by atoms with E-state index in [1.807, 2.05) is 13.1 Å². The number of nitrogens with zero attached hydrogens (tertiary/aromatic N) is 4.